The summed E-state index contributed by atoms with van der Waals surface area (Å²) in [7, 11) is 0. The highest BCUT2D eigenvalue weighted by molar-refractivity contribution is 5.82. The van der Waals surface area contributed by atoms with Crippen molar-refractivity contribution in [2.45, 2.75) is 44.6 Å². The van der Waals surface area contributed by atoms with Gasteiger partial charge in [0, 0.05) is 31.5 Å². The lowest BCUT2D eigenvalue weighted by Crippen LogP contribution is -2.44. The molecule has 0 bridgehead atoms. The van der Waals surface area contributed by atoms with Gasteiger partial charge in [0.25, 0.3) is 0 Å². The summed E-state index contributed by atoms with van der Waals surface area (Å²) in [4.78, 5) is 25.9. The second kappa shape index (κ2) is 5.72. The SMILES string of the molecule is O=C(NCC(O)C1CC1)C1CCN(C(=O)C2CC2)CC1. The zero-order chi connectivity index (χ0) is 14.1. The number of carbonyl (C=O) groups is 2. The lowest BCUT2D eigenvalue weighted by molar-refractivity contribution is -0.136. The van der Waals surface area contributed by atoms with Crippen LogP contribution in [-0.2, 0) is 9.59 Å². The van der Waals surface area contributed by atoms with Crippen molar-refractivity contribution in [3.63, 3.8) is 0 Å². The first-order valence-corrected chi connectivity index (χ1v) is 7.89. The maximum absolute atomic E-state index is 12.0. The fraction of sp³-hybridized carbons (Fsp3) is 0.867. The fourth-order valence-electron chi connectivity index (χ4n) is 2.95. The van der Waals surface area contributed by atoms with E-state index in [2.05, 4.69) is 5.32 Å². The molecule has 0 aromatic carbocycles. The minimum atomic E-state index is -0.379. The number of hydrogen-bond donors (Lipinski definition) is 2. The molecule has 2 amide bonds. The fourth-order valence-corrected chi connectivity index (χ4v) is 2.95. The molecule has 1 atom stereocenters. The van der Waals surface area contributed by atoms with Gasteiger partial charge in [-0.25, -0.2) is 0 Å². The Balaban J connectivity index is 1.38. The van der Waals surface area contributed by atoms with Gasteiger partial charge in [0.1, 0.15) is 0 Å². The third-order valence-corrected chi connectivity index (χ3v) is 4.76. The third kappa shape index (κ3) is 3.32. The summed E-state index contributed by atoms with van der Waals surface area (Å²) in [6.07, 6.45) is 5.37. The smallest absolute Gasteiger partial charge is 0.225 e. The van der Waals surface area contributed by atoms with Crippen molar-refractivity contribution in [3.05, 3.63) is 0 Å². The Labute approximate surface area is 119 Å². The number of amides is 2. The van der Waals surface area contributed by atoms with E-state index in [-0.39, 0.29) is 29.8 Å². The molecule has 3 fully saturated rings. The quantitative estimate of drug-likeness (QED) is 0.771. The van der Waals surface area contributed by atoms with E-state index in [0.29, 0.717) is 25.6 Å². The van der Waals surface area contributed by atoms with Crippen LogP contribution in [-0.4, -0.2) is 47.6 Å². The average Bonchev–Trinajstić information content (AvgIpc) is 3.34. The Morgan fingerprint density at radius 1 is 1.05 bits per heavy atom. The van der Waals surface area contributed by atoms with E-state index in [4.69, 9.17) is 0 Å². The third-order valence-electron chi connectivity index (χ3n) is 4.76. The van der Waals surface area contributed by atoms with Crippen molar-refractivity contribution in [1.29, 1.82) is 0 Å². The zero-order valence-corrected chi connectivity index (χ0v) is 11.9. The summed E-state index contributed by atoms with van der Waals surface area (Å²) < 4.78 is 0. The number of piperidine rings is 1. The van der Waals surface area contributed by atoms with Gasteiger partial charge < -0.3 is 15.3 Å². The minimum absolute atomic E-state index is 0.00431. The Bertz CT molecular complexity index is 383. The molecule has 112 valence electrons. The number of nitrogens with one attached hydrogen (secondary N) is 1. The molecule has 5 heteroatoms. The summed E-state index contributed by atoms with van der Waals surface area (Å²) in [5, 5.41) is 12.6. The largest absolute Gasteiger partial charge is 0.391 e. The van der Waals surface area contributed by atoms with Crippen molar-refractivity contribution >= 4 is 11.8 Å². The first kappa shape index (κ1) is 13.9. The van der Waals surface area contributed by atoms with Gasteiger partial charge in [0.15, 0.2) is 0 Å². The second-order valence-corrected chi connectivity index (χ2v) is 6.52. The Morgan fingerprint density at radius 2 is 1.70 bits per heavy atom. The Hall–Kier alpha value is -1.10. The second-order valence-electron chi connectivity index (χ2n) is 6.52. The lowest BCUT2D eigenvalue weighted by Gasteiger charge is -2.31. The molecule has 2 N–H and O–H groups in total. The molecular formula is C15H24N2O3. The predicted molar refractivity (Wildman–Crippen MR) is 73.8 cm³/mol. The molecule has 5 nitrogen and oxygen atoms in total. The van der Waals surface area contributed by atoms with E-state index in [1.54, 1.807) is 0 Å². The number of aliphatic hydroxyl groups is 1. The van der Waals surface area contributed by atoms with Crippen LogP contribution in [0.1, 0.15) is 38.5 Å². The Kier molecular flexibility index (Phi) is 3.96. The van der Waals surface area contributed by atoms with E-state index in [1.807, 2.05) is 4.90 Å². The van der Waals surface area contributed by atoms with Crippen molar-refractivity contribution in [1.82, 2.24) is 10.2 Å². The standard InChI is InChI=1S/C15H24N2O3/c18-13(10-1-2-10)9-16-14(19)11-5-7-17(8-6-11)15(20)12-3-4-12/h10-13,18H,1-9H2,(H,16,19). The van der Waals surface area contributed by atoms with Gasteiger partial charge in [-0.1, -0.05) is 0 Å². The molecule has 2 saturated carbocycles. The first-order chi connectivity index (χ1) is 9.65. The van der Waals surface area contributed by atoms with Gasteiger partial charge in [-0.2, -0.15) is 0 Å². The highest BCUT2D eigenvalue weighted by atomic mass is 16.3. The monoisotopic (exact) mass is 280 g/mol. The van der Waals surface area contributed by atoms with E-state index in [0.717, 1.165) is 38.5 Å². The molecular weight excluding hydrogens is 256 g/mol. The van der Waals surface area contributed by atoms with Crippen LogP contribution in [0.2, 0.25) is 0 Å². The number of likely N-dealkylation sites (tertiary alicyclic amines) is 1. The van der Waals surface area contributed by atoms with Gasteiger partial charge in [0.2, 0.25) is 11.8 Å². The van der Waals surface area contributed by atoms with Crippen LogP contribution in [0.15, 0.2) is 0 Å². The van der Waals surface area contributed by atoms with E-state index >= 15 is 0 Å². The number of aliphatic hydroxyl groups excluding tert-OH is 1. The topological polar surface area (TPSA) is 69.6 Å². The van der Waals surface area contributed by atoms with Crippen LogP contribution in [0.25, 0.3) is 0 Å². The summed E-state index contributed by atoms with van der Waals surface area (Å²) in [5.41, 5.74) is 0. The molecule has 0 spiro atoms. The molecule has 1 aliphatic heterocycles. The molecule has 1 saturated heterocycles. The van der Waals surface area contributed by atoms with Crippen molar-refractivity contribution in [2.75, 3.05) is 19.6 Å². The zero-order valence-electron chi connectivity index (χ0n) is 11.9. The van der Waals surface area contributed by atoms with E-state index in [9.17, 15) is 14.7 Å². The van der Waals surface area contributed by atoms with Crippen LogP contribution in [0.4, 0.5) is 0 Å². The van der Waals surface area contributed by atoms with Crippen LogP contribution >= 0.6 is 0 Å². The van der Waals surface area contributed by atoms with E-state index < -0.39 is 0 Å². The molecule has 20 heavy (non-hydrogen) atoms. The predicted octanol–water partition coefficient (Wildman–Crippen LogP) is 0.522. The highest BCUT2D eigenvalue weighted by Crippen LogP contribution is 2.33. The maximum Gasteiger partial charge on any atom is 0.225 e. The summed E-state index contributed by atoms with van der Waals surface area (Å²) in [6, 6.07) is 0. The normalized spacial score (nSPS) is 25.4. The Morgan fingerprint density at radius 3 is 2.25 bits per heavy atom. The van der Waals surface area contributed by atoms with Crippen molar-refractivity contribution < 1.29 is 14.7 Å². The molecule has 3 rings (SSSR count). The van der Waals surface area contributed by atoms with Gasteiger partial charge in [-0.3, -0.25) is 9.59 Å². The number of nitrogens with zero attached hydrogens (tertiary/aromatic N) is 1. The summed E-state index contributed by atoms with van der Waals surface area (Å²) >= 11 is 0. The lowest BCUT2D eigenvalue weighted by atomic mass is 9.95. The molecule has 1 heterocycles. The van der Waals surface area contributed by atoms with Crippen LogP contribution in [0.3, 0.4) is 0 Å². The van der Waals surface area contributed by atoms with Gasteiger partial charge >= 0.3 is 0 Å². The molecule has 3 aliphatic rings. The van der Waals surface area contributed by atoms with Crippen LogP contribution < -0.4 is 5.32 Å². The van der Waals surface area contributed by atoms with Gasteiger partial charge in [-0.05, 0) is 44.4 Å². The maximum atomic E-state index is 12.0. The molecule has 1 unspecified atom stereocenters. The summed E-state index contributed by atoms with van der Waals surface area (Å²) in [5.74, 6) is 1.00. The van der Waals surface area contributed by atoms with Crippen LogP contribution in [0, 0.1) is 17.8 Å². The highest BCUT2D eigenvalue weighted by Gasteiger charge is 2.36. The average molecular weight is 280 g/mol. The van der Waals surface area contributed by atoms with Gasteiger partial charge in [-0.15, -0.1) is 0 Å². The van der Waals surface area contributed by atoms with Crippen molar-refractivity contribution in [2.24, 2.45) is 17.8 Å². The van der Waals surface area contributed by atoms with E-state index in [1.165, 1.54) is 0 Å². The number of carbonyl (C=O) groups excluding carboxylic acids is 2. The number of rotatable bonds is 5. The summed E-state index contributed by atoms with van der Waals surface area (Å²) in [6.45, 7) is 1.79. The first-order valence-electron chi connectivity index (χ1n) is 7.89. The minimum Gasteiger partial charge on any atom is -0.391 e. The van der Waals surface area contributed by atoms with Crippen LogP contribution in [0.5, 0.6) is 0 Å². The molecule has 0 aromatic rings. The molecule has 2 aliphatic carbocycles. The molecule has 0 radical (unpaired) electrons. The molecule has 0 aromatic heterocycles. The number of hydrogen-bond acceptors (Lipinski definition) is 3. The van der Waals surface area contributed by atoms with Gasteiger partial charge in [0.05, 0.1) is 6.10 Å². The van der Waals surface area contributed by atoms with Crippen molar-refractivity contribution in [3.8, 4) is 0 Å².